The van der Waals surface area contributed by atoms with Crippen molar-refractivity contribution in [3.05, 3.63) is 12.2 Å². The molecule has 2 nitrogen and oxygen atoms in total. The summed E-state index contributed by atoms with van der Waals surface area (Å²) in [6.07, 6.45) is 5.76. The van der Waals surface area contributed by atoms with Crippen molar-refractivity contribution in [1.29, 1.82) is 0 Å². The van der Waals surface area contributed by atoms with E-state index in [0.717, 1.165) is 13.1 Å². The molecule has 0 aromatic rings. The first-order valence-corrected chi connectivity index (χ1v) is 3.76. The third-order valence-electron chi connectivity index (χ3n) is 1.73. The van der Waals surface area contributed by atoms with E-state index in [0.29, 0.717) is 0 Å². The maximum absolute atomic E-state index is 11.1. The van der Waals surface area contributed by atoms with Crippen molar-refractivity contribution in [2.45, 2.75) is 19.8 Å². The Balaban J connectivity index is 2.40. The lowest BCUT2D eigenvalue weighted by Crippen LogP contribution is -2.25. The molecule has 0 unspecified atom stereocenters. The van der Waals surface area contributed by atoms with E-state index in [9.17, 15) is 4.79 Å². The highest BCUT2D eigenvalue weighted by Gasteiger charge is 2.14. The number of carbonyl (C=O) groups excluding carboxylic acids is 1. The minimum absolute atomic E-state index is 0.167. The summed E-state index contributed by atoms with van der Waals surface area (Å²) in [6.45, 7) is 3.76. The summed E-state index contributed by atoms with van der Waals surface area (Å²) in [4.78, 5) is 13.0. The van der Waals surface area contributed by atoms with Crippen LogP contribution in [0.15, 0.2) is 12.2 Å². The minimum Gasteiger partial charge on any atom is -0.339 e. The molecule has 1 aliphatic heterocycles. The van der Waals surface area contributed by atoms with Crippen molar-refractivity contribution in [3.8, 4) is 0 Å². The zero-order valence-corrected chi connectivity index (χ0v) is 6.34. The van der Waals surface area contributed by atoms with Gasteiger partial charge in [-0.3, -0.25) is 4.79 Å². The second kappa shape index (κ2) is 3.40. The highest BCUT2D eigenvalue weighted by molar-refractivity contribution is 5.87. The van der Waals surface area contributed by atoms with Crippen LogP contribution in [0.4, 0.5) is 0 Å². The smallest absolute Gasteiger partial charge is 0.246 e. The van der Waals surface area contributed by atoms with Crippen molar-refractivity contribution >= 4 is 5.91 Å². The van der Waals surface area contributed by atoms with Gasteiger partial charge in [-0.05, 0) is 25.8 Å². The minimum atomic E-state index is 0.167. The molecule has 1 saturated heterocycles. The second-order valence-corrected chi connectivity index (χ2v) is 2.53. The fourth-order valence-corrected chi connectivity index (χ4v) is 1.19. The SMILES string of the molecule is C/C=C\C(=O)N1CCCC1. The van der Waals surface area contributed by atoms with Gasteiger partial charge in [-0.1, -0.05) is 6.08 Å². The molecule has 2 heteroatoms. The van der Waals surface area contributed by atoms with Crippen molar-refractivity contribution < 1.29 is 4.79 Å². The summed E-state index contributed by atoms with van der Waals surface area (Å²) in [5, 5.41) is 0. The molecule has 0 aromatic heterocycles. The Hall–Kier alpha value is -0.790. The van der Waals surface area contributed by atoms with Crippen LogP contribution in [-0.4, -0.2) is 23.9 Å². The van der Waals surface area contributed by atoms with Crippen LogP contribution in [0.2, 0.25) is 0 Å². The van der Waals surface area contributed by atoms with Gasteiger partial charge in [0.25, 0.3) is 0 Å². The molecule has 0 aromatic carbocycles. The van der Waals surface area contributed by atoms with Gasteiger partial charge in [-0.15, -0.1) is 0 Å². The van der Waals surface area contributed by atoms with E-state index in [1.165, 1.54) is 12.8 Å². The molecule has 0 saturated carbocycles. The molecule has 0 N–H and O–H groups in total. The van der Waals surface area contributed by atoms with Gasteiger partial charge in [0.2, 0.25) is 5.91 Å². The molecule has 1 aliphatic rings. The molecule has 0 bridgehead atoms. The van der Waals surface area contributed by atoms with Gasteiger partial charge in [-0.2, -0.15) is 0 Å². The van der Waals surface area contributed by atoms with Crippen LogP contribution in [0.25, 0.3) is 0 Å². The van der Waals surface area contributed by atoms with E-state index in [-0.39, 0.29) is 5.91 Å². The third kappa shape index (κ3) is 1.59. The topological polar surface area (TPSA) is 20.3 Å². The summed E-state index contributed by atoms with van der Waals surface area (Å²) in [7, 11) is 0. The highest BCUT2D eigenvalue weighted by atomic mass is 16.2. The third-order valence-corrected chi connectivity index (χ3v) is 1.73. The van der Waals surface area contributed by atoms with Gasteiger partial charge >= 0.3 is 0 Å². The van der Waals surface area contributed by atoms with Crippen LogP contribution in [-0.2, 0) is 4.79 Å². The van der Waals surface area contributed by atoms with E-state index in [1.807, 2.05) is 11.8 Å². The molecule has 56 valence electrons. The van der Waals surface area contributed by atoms with Crippen LogP contribution in [0, 0.1) is 0 Å². The second-order valence-electron chi connectivity index (χ2n) is 2.53. The monoisotopic (exact) mass is 139 g/mol. The van der Waals surface area contributed by atoms with Gasteiger partial charge in [0.1, 0.15) is 0 Å². The number of allylic oxidation sites excluding steroid dienone is 1. The Morgan fingerprint density at radius 2 is 2.00 bits per heavy atom. The summed E-state index contributed by atoms with van der Waals surface area (Å²) < 4.78 is 0. The lowest BCUT2D eigenvalue weighted by molar-refractivity contribution is -0.124. The van der Waals surface area contributed by atoms with E-state index in [4.69, 9.17) is 0 Å². The van der Waals surface area contributed by atoms with Gasteiger partial charge in [0.05, 0.1) is 0 Å². The Morgan fingerprint density at radius 3 is 2.50 bits per heavy atom. The quantitative estimate of drug-likeness (QED) is 0.500. The molecule has 0 aliphatic carbocycles. The number of hydrogen-bond acceptors (Lipinski definition) is 1. The van der Waals surface area contributed by atoms with E-state index >= 15 is 0 Å². The summed E-state index contributed by atoms with van der Waals surface area (Å²) in [6, 6.07) is 0. The average molecular weight is 139 g/mol. The molecule has 1 amide bonds. The highest BCUT2D eigenvalue weighted by Crippen LogP contribution is 2.07. The number of hydrogen-bond donors (Lipinski definition) is 0. The molecule has 1 fully saturated rings. The van der Waals surface area contributed by atoms with Gasteiger partial charge in [0.15, 0.2) is 0 Å². The summed E-state index contributed by atoms with van der Waals surface area (Å²) >= 11 is 0. The van der Waals surface area contributed by atoms with E-state index in [2.05, 4.69) is 0 Å². The molecule has 10 heavy (non-hydrogen) atoms. The normalized spacial score (nSPS) is 18.7. The Morgan fingerprint density at radius 1 is 1.40 bits per heavy atom. The Bertz CT molecular complexity index is 145. The van der Waals surface area contributed by atoms with Crippen molar-refractivity contribution in [3.63, 3.8) is 0 Å². The molecular formula is C8H13NO. The molecule has 0 atom stereocenters. The number of carbonyl (C=O) groups is 1. The van der Waals surface area contributed by atoms with Gasteiger partial charge < -0.3 is 4.90 Å². The van der Waals surface area contributed by atoms with Crippen molar-refractivity contribution in [2.24, 2.45) is 0 Å². The Kier molecular flexibility index (Phi) is 2.49. The largest absolute Gasteiger partial charge is 0.339 e. The summed E-state index contributed by atoms with van der Waals surface area (Å²) in [5.74, 6) is 0.167. The molecule has 0 spiro atoms. The van der Waals surface area contributed by atoms with Crippen molar-refractivity contribution in [2.75, 3.05) is 13.1 Å². The first kappa shape index (κ1) is 7.32. The van der Waals surface area contributed by atoms with Crippen molar-refractivity contribution in [1.82, 2.24) is 4.90 Å². The standard InChI is InChI=1S/C8H13NO/c1-2-5-8(10)9-6-3-4-7-9/h2,5H,3-4,6-7H2,1H3/b5-2-. The lowest BCUT2D eigenvalue weighted by atomic mass is 10.4. The van der Waals surface area contributed by atoms with Gasteiger partial charge in [0, 0.05) is 13.1 Å². The Labute approximate surface area is 61.5 Å². The van der Waals surface area contributed by atoms with Gasteiger partial charge in [-0.25, -0.2) is 0 Å². The predicted molar refractivity (Wildman–Crippen MR) is 40.6 cm³/mol. The number of amides is 1. The van der Waals surface area contributed by atoms with Crippen LogP contribution >= 0.6 is 0 Å². The summed E-state index contributed by atoms with van der Waals surface area (Å²) in [5.41, 5.74) is 0. The first-order chi connectivity index (χ1) is 4.84. The first-order valence-electron chi connectivity index (χ1n) is 3.76. The average Bonchev–Trinajstić information content (AvgIpc) is 2.38. The molecule has 1 rings (SSSR count). The number of nitrogens with zero attached hydrogens (tertiary/aromatic N) is 1. The maximum Gasteiger partial charge on any atom is 0.246 e. The molecular weight excluding hydrogens is 126 g/mol. The molecule has 0 radical (unpaired) electrons. The predicted octanol–water partition coefficient (Wildman–Crippen LogP) is 1.18. The lowest BCUT2D eigenvalue weighted by Gasteiger charge is -2.11. The fourth-order valence-electron chi connectivity index (χ4n) is 1.19. The van der Waals surface area contributed by atoms with E-state index in [1.54, 1.807) is 12.2 Å². The zero-order chi connectivity index (χ0) is 7.40. The fraction of sp³-hybridized carbons (Fsp3) is 0.625. The van der Waals surface area contributed by atoms with Crippen LogP contribution < -0.4 is 0 Å². The van der Waals surface area contributed by atoms with E-state index < -0.39 is 0 Å². The van der Waals surface area contributed by atoms with Crippen LogP contribution in [0.5, 0.6) is 0 Å². The zero-order valence-electron chi connectivity index (χ0n) is 6.34. The maximum atomic E-state index is 11.1. The van der Waals surface area contributed by atoms with Crippen LogP contribution in [0.3, 0.4) is 0 Å². The number of rotatable bonds is 1. The number of likely N-dealkylation sites (tertiary alicyclic amines) is 1. The van der Waals surface area contributed by atoms with Crippen LogP contribution in [0.1, 0.15) is 19.8 Å². The molecule has 1 heterocycles.